The maximum Gasteiger partial charge on any atom is 0.330 e. The average Bonchev–Trinajstić information content (AvgIpc) is 2.18. The maximum atomic E-state index is 10.8. The summed E-state index contributed by atoms with van der Waals surface area (Å²) in [6, 6.07) is 0. The Morgan fingerprint density at radius 1 is 1.64 bits per heavy atom. The number of esters is 1. The molecule has 0 spiro atoms. The quantitative estimate of drug-likeness (QED) is 0.505. The molecule has 2 nitrogen and oxygen atoms in total. The minimum Gasteiger partial charge on any atom is -0.463 e. The largest absolute Gasteiger partial charge is 0.463 e. The van der Waals surface area contributed by atoms with Crippen LogP contribution in [-0.4, -0.2) is 12.6 Å². The van der Waals surface area contributed by atoms with Gasteiger partial charge < -0.3 is 4.74 Å². The van der Waals surface area contributed by atoms with Crippen LogP contribution in [0.25, 0.3) is 0 Å². The van der Waals surface area contributed by atoms with E-state index in [1.807, 2.05) is 12.2 Å². The van der Waals surface area contributed by atoms with Gasteiger partial charge in [0.25, 0.3) is 0 Å². The van der Waals surface area contributed by atoms with Crippen molar-refractivity contribution in [2.24, 2.45) is 5.41 Å². The second-order valence-corrected chi connectivity index (χ2v) is 3.77. The number of carbonyl (C=O) groups excluding carboxylic acids is 1. The van der Waals surface area contributed by atoms with Crippen LogP contribution < -0.4 is 0 Å². The third-order valence-electron chi connectivity index (χ3n) is 2.41. The van der Waals surface area contributed by atoms with Crippen molar-refractivity contribution in [1.29, 1.82) is 0 Å². The molecular weight excluding hydrogens is 176 g/mol. The van der Waals surface area contributed by atoms with E-state index in [-0.39, 0.29) is 11.4 Å². The molecular formula is C12H16O2. The zero-order valence-corrected chi connectivity index (χ0v) is 8.53. The molecule has 0 bridgehead atoms. The molecule has 0 radical (unpaired) electrons. The molecule has 0 amide bonds. The fourth-order valence-electron chi connectivity index (χ4n) is 1.40. The van der Waals surface area contributed by atoms with Crippen LogP contribution in [0.15, 0.2) is 37.0 Å². The smallest absolute Gasteiger partial charge is 0.330 e. The highest BCUT2D eigenvalue weighted by molar-refractivity contribution is 5.81. The highest BCUT2D eigenvalue weighted by Crippen LogP contribution is 2.30. The minimum atomic E-state index is -0.344. The predicted octanol–water partition coefficient (Wildman–Crippen LogP) is 2.63. The molecule has 0 aromatic carbocycles. The monoisotopic (exact) mass is 192 g/mol. The van der Waals surface area contributed by atoms with Crippen molar-refractivity contribution in [3.63, 3.8) is 0 Å². The number of rotatable bonds is 4. The molecule has 0 aliphatic heterocycles. The molecule has 0 saturated carbocycles. The number of allylic oxidation sites excluding steroid dienone is 4. The molecule has 1 unspecified atom stereocenters. The van der Waals surface area contributed by atoms with Gasteiger partial charge in [0.15, 0.2) is 0 Å². The molecule has 0 N–H and O–H groups in total. The third kappa shape index (κ3) is 3.21. The Kier molecular flexibility index (Phi) is 3.69. The minimum absolute atomic E-state index is 0.135. The van der Waals surface area contributed by atoms with E-state index in [4.69, 9.17) is 4.74 Å². The van der Waals surface area contributed by atoms with Crippen molar-refractivity contribution in [1.82, 2.24) is 0 Å². The van der Waals surface area contributed by atoms with Gasteiger partial charge in [0, 0.05) is 6.08 Å². The fraction of sp³-hybridized carbons (Fsp3) is 0.417. The van der Waals surface area contributed by atoms with Crippen molar-refractivity contribution in [2.75, 3.05) is 6.61 Å². The summed E-state index contributed by atoms with van der Waals surface area (Å²) in [6.07, 6.45) is 11.4. The number of hydrogen-bond donors (Lipinski definition) is 0. The molecule has 1 aliphatic rings. The van der Waals surface area contributed by atoms with E-state index < -0.39 is 0 Å². The first-order valence-corrected chi connectivity index (χ1v) is 4.80. The lowest BCUT2D eigenvalue weighted by Crippen LogP contribution is -2.17. The van der Waals surface area contributed by atoms with Crippen LogP contribution in [-0.2, 0) is 9.53 Å². The molecule has 2 heteroatoms. The van der Waals surface area contributed by atoms with Gasteiger partial charge >= 0.3 is 5.97 Å². The lowest BCUT2D eigenvalue weighted by atomic mass is 9.81. The lowest BCUT2D eigenvalue weighted by Gasteiger charge is -2.25. The van der Waals surface area contributed by atoms with Crippen molar-refractivity contribution in [2.45, 2.75) is 19.8 Å². The molecule has 0 heterocycles. The van der Waals surface area contributed by atoms with E-state index in [2.05, 4.69) is 25.7 Å². The lowest BCUT2D eigenvalue weighted by molar-refractivity contribution is -0.138. The first kappa shape index (κ1) is 10.8. The average molecular weight is 192 g/mol. The molecule has 1 rings (SSSR count). The standard InChI is InChI=1S/C12H16O2/c1-3-11(13)14-10-9-12(2)7-5-4-6-8-12/h3-7H,1,8-10H2,2H3. The molecule has 0 aromatic rings. The van der Waals surface area contributed by atoms with E-state index in [0.717, 1.165) is 12.8 Å². The summed E-state index contributed by atoms with van der Waals surface area (Å²) < 4.78 is 4.94. The molecule has 14 heavy (non-hydrogen) atoms. The van der Waals surface area contributed by atoms with E-state index in [1.165, 1.54) is 6.08 Å². The predicted molar refractivity (Wildman–Crippen MR) is 56.8 cm³/mol. The highest BCUT2D eigenvalue weighted by atomic mass is 16.5. The topological polar surface area (TPSA) is 26.3 Å². The van der Waals surface area contributed by atoms with Crippen molar-refractivity contribution >= 4 is 5.97 Å². The van der Waals surface area contributed by atoms with Gasteiger partial charge in [0.05, 0.1) is 6.61 Å². The van der Waals surface area contributed by atoms with Gasteiger partial charge in [-0.25, -0.2) is 4.79 Å². The van der Waals surface area contributed by atoms with E-state index in [1.54, 1.807) is 0 Å². The Morgan fingerprint density at radius 2 is 2.43 bits per heavy atom. The number of carbonyl (C=O) groups is 1. The number of hydrogen-bond acceptors (Lipinski definition) is 2. The maximum absolute atomic E-state index is 10.8. The van der Waals surface area contributed by atoms with Crippen LogP contribution in [0, 0.1) is 5.41 Å². The second kappa shape index (κ2) is 4.80. The summed E-state index contributed by atoms with van der Waals surface area (Å²) in [4.78, 5) is 10.8. The van der Waals surface area contributed by atoms with Gasteiger partial charge in [-0.2, -0.15) is 0 Å². The van der Waals surface area contributed by atoms with Crippen molar-refractivity contribution in [3.05, 3.63) is 37.0 Å². The highest BCUT2D eigenvalue weighted by Gasteiger charge is 2.20. The zero-order valence-electron chi connectivity index (χ0n) is 8.53. The molecule has 1 aliphatic carbocycles. The van der Waals surface area contributed by atoms with Crippen molar-refractivity contribution < 1.29 is 9.53 Å². The van der Waals surface area contributed by atoms with E-state index in [0.29, 0.717) is 6.61 Å². The summed E-state index contributed by atoms with van der Waals surface area (Å²) in [5, 5.41) is 0. The van der Waals surface area contributed by atoms with E-state index >= 15 is 0 Å². The zero-order chi connectivity index (χ0) is 10.4. The summed E-state index contributed by atoms with van der Waals surface area (Å²) in [5.74, 6) is -0.344. The van der Waals surface area contributed by atoms with Gasteiger partial charge in [-0.05, 0) is 18.3 Å². The Bertz CT molecular complexity index is 276. The molecule has 0 fully saturated rings. The molecule has 0 saturated heterocycles. The SMILES string of the molecule is C=CC(=O)OCCC1(C)C=CC=CC1. The van der Waals surface area contributed by atoms with Gasteiger partial charge in [-0.15, -0.1) is 0 Å². The summed E-state index contributed by atoms with van der Waals surface area (Å²) in [6.45, 7) is 5.96. The van der Waals surface area contributed by atoms with Gasteiger partial charge in [0.2, 0.25) is 0 Å². The van der Waals surface area contributed by atoms with Gasteiger partial charge in [-0.3, -0.25) is 0 Å². The van der Waals surface area contributed by atoms with Crippen LogP contribution in [0.1, 0.15) is 19.8 Å². The Balaban J connectivity index is 2.30. The number of ether oxygens (including phenoxy) is 1. The molecule has 76 valence electrons. The summed E-state index contributed by atoms with van der Waals surface area (Å²) in [7, 11) is 0. The summed E-state index contributed by atoms with van der Waals surface area (Å²) in [5.41, 5.74) is 0.135. The second-order valence-electron chi connectivity index (χ2n) is 3.77. The Labute approximate surface area is 85.0 Å². The van der Waals surface area contributed by atoms with Crippen LogP contribution >= 0.6 is 0 Å². The third-order valence-corrected chi connectivity index (χ3v) is 2.41. The fourth-order valence-corrected chi connectivity index (χ4v) is 1.40. The first-order valence-electron chi connectivity index (χ1n) is 4.80. The van der Waals surface area contributed by atoms with Crippen LogP contribution in [0.2, 0.25) is 0 Å². The molecule has 0 aromatic heterocycles. The molecule has 1 atom stereocenters. The first-order chi connectivity index (χ1) is 6.66. The Morgan fingerprint density at radius 3 is 3.00 bits per heavy atom. The van der Waals surface area contributed by atoms with Gasteiger partial charge in [0.1, 0.15) is 0 Å². The summed E-state index contributed by atoms with van der Waals surface area (Å²) >= 11 is 0. The van der Waals surface area contributed by atoms with Crippen LogP contribution in [0.5, 0.6) is 0 Å². The Hall–Kier alpha value is -1.31. The normalized spacial score (nSPS) is 24.6. The van der Waals surface area contributed by atoms with Crippen LogP contribution in [0.4, 0.5) is 0 Å². The van der Waals surface area contributed by atoms with Gasteiger partial charge in [-0.1, -0.05) is 37.8 Å². The van der Waals surface area contributed by atoms with Crippen molar-refractivity contribution in [3.8, 4) is 0 Å². The van der Waals surface area contributed by atoms with E-state index in [9.17, 15) is 4.79 Å². The van der Waals surface area contributed by atoms with Crippen LogP contribution in [0.3, 0.4) is 0 Å².